The first-order valence-electron chi connectivity index (χ1n) is 13.8. The van der Waals surface area contributed by atoms with Crippen molar-refractivity contribution in [2.45, 2.75) is 70.0 Å². The van der Waals surface area contributed by atoms with Crippen molar-refractivity contribution in [2.75, 3.05) is 56.0 Å². The highest BCUT2D eigenvalue weighted by Crippen LogP contribution is 2.39. The van der Waals surface area contributed by atoms with Crippen LogP contribution in [0.25, 0.3) is 0 Å². The summed E-state index contributed by atoms with van der Waals surface area (Å²) in [4.78, 5) is 29.7. The highest BCUT2D eigenvalue weighted by atomic mass is 16.5. The van der Waals surface area contributed by atoms with E-state index in [-0.39, 0.29) is 11.9 Å². The van der Waals surface area contributed by atoms with Gasteiger partial charge in [-0.25, -0.2) is 4.98 Å². The number of nitrogens with zero attached hydrogens (tertiary/aromatic N) is 5. The molecule has 5 rings (SSSR count). The number of carbonyl (C=O) groups excluding carboxylic acids is 1. The molecule has 0 unspecified atom stereocenters. The van der Waals surface area contributed by atoms with Gasteiger partial charge in [-0.1, -0.05) is 19.8 Å². The van der Waals surface area contributed by atoms with Gasteiger partial charge in [-0.15, -0.1) is 0 Å². The molecule has 1 aromatic carbocycles. The summed E-state index contributed by atoms with van der Waals surface area (Å²) < 4.78 is 5.66. The maximum absolute atomic E-state index is 12.9. The fourth-order valence-electron chi connectivity index (χ4n) is 6.02. The third-order valence-electron chi connectivity index (χ3n) is 8.24. The van der Waals surface area contributed by atoms with E-state index >= 15 is 0 Å². The second kappa shape index (κ2) is 11.1. The number of fused-ring (bicyclic) bond motifs is 1. The molecule has 2 aromatic rings. The standard InChI is InChI=1S/C28H41N7O2/c1-5-21-18-34(3)24-17-29-28(32-26(24)35(21)22-8-6-7-9-22)31-23-11-10-19(16-25(23)37-4)27(36)30-20-12-14-33(2)15-13-20/h10-11,16-17,20-22H,5-9,12-15,18H2,1-4H3,(H,30,36)(H,29,31,32)/t21-/m1/s1. The van der Waals surface area contributed by atoms with Crippen molar-refractivity contribution in [3.8, 4) is 5.75 Å². The van der Waals surface area contributed by atoms with Crippen molar-refractivity contribution in [3.05, 3.63) is 30.0 Å². The van der Waals surface area contributed by atoms with Crippen LogP contribution in [0.1, 0.15) is 62.2 Å². The Hall–Kier alpha value is -3.07. The number of likely N-dealkylation sites (tertiary alicyclic amines) is 1. The number of anilines is 4. The molecule has 1 saturated heterocycles. The van der Waals surface area contributed by atoms with Crippen LogP contribution in [0.15, 0.2) is 24.4 Å². The Labute approximate surface area is 220 Å². The first-order chi connectivity index (χ1) is 18.0. The van der Waals surface area contributed by atoms with Crippen molar-refractivity contribution < 1.29 is 9.53 Å². The van der Waals surface area contributed by atoms with Crippen molar-refractivity contribution in [1.29, 1.82) is 0 Å². The maximum atomic E-state index is 12.9. The summed E-state index contributed by atoms with van der Waals surface area (Å²) in [5.74, 6) is 2.07. The van der Waals surface area contributed by atoms with Gasteiger partial charge in [0.25, 0.3) is 5.91 Å². The van der Waals surface area contributed by atoms with E-state index in [0.29, 0.717) is 29.3 Å². The minimum atomic E-state index is -0.0646. The van der Waals surface area contributed by atoms with Gasteiger partial charge in [-0.3, -0.25) is 4.79 Å². The minimum absolute atomic E-state index is 0.0646. The Bertz CT molecular complexity index is 1100. The molecule has 1 aliphatic carbocycles. The van der Waals surface area contributed by atoms with Crippen LogP contribution in [0.4, 0.5) is 23.1 Å². The zero-order chi connectivity index (χ0) is 25.9. The molecule has 0 bridgehead atoms. The normalized spacial score (nSPS) is 21.1. The number of carbonyl (C=O) groups is 1. The maximum Gasteiger partial charge on any atom is 0.251 e. The number of rotatable bonds is 7. The molecule has 2 aliphatic heterocycles. The third-order valence-corrected chi connectivity index (χ3v) is 8.24. The van der Waals surface area contributed by atoms with E-state index in [1.165, 1.54) is 25.7 Å². The molecule has 9 nitrogen and oxygen atoms in total. The average Bonchev–Trinajstić information content (AvgIpc) is 3.44. The van der Waals surface area contributed by atoms with Gasteiger partial charge in [0, 0.05) is 37.3 Å². The van der Waals surface area contributed by atoms with Gasteiger partial charge in [0.2, 0.25) is 5.95 Å². The monoisotopic (exact) mass is 507 g/mol. The fraction of sp³-hybridized carbons (Fsp3) is 0.607. The molecular weight excluding hydrogens is 466 g/mol. The number of aromatic nitrogens is 2. The summed E-state index contributed by atoms with van der Waals surface area (Å²) in [6, 6.07) is 6.69. The number of benzene rings is 1. The van der Waals surface area contributed by atoms with Crippen LogP contribution < -0.4 is 25.2 Å². The topological polar surface area (TPSA) is 85.9 Å². The van der Waals surface area contributed by atoms with E-state index in [0.717, 1.165) is 56.1 Å². The first kappa shape index (κ1) is 25.6. The Morgan fingerprint density at radius 1 is 1.14 bits per heavy atom. The lowest BCUT2D eigenvalue weighted by Crippen LogP contribution is -2.52. The molecule has 1 aromatic heterocycles. The van der Waals surface area contributed by atoms with Gasteiger partial charge in [0.05, 0.1) is 24.7 Å². The van der Waals surface area contributed by atoms with Crippen LogP contribution in [0.3, 0.4) is 0 Å². The second-order valence-electron chi connectivity index (χ2n) is 10.8. The highest BCUT2D eigenvalue weighted by molar-refractivity contribution is 5.95. The Morgan fingerprint density at radius 3 is 2.59 bits per heavy atom. The summed E-state index contributed by atoms with van der Waals surface area (Å²) in [6.07, 6.45) is 9.97. The number of ether oxygens (including phenoxy) is 1. The lowest BCUT2D eigenvalue weighted by molar-refractivity contribution is 0.0916. The van der Waals surface area contributed by atoms with Crippen LogP contribution in [-0.4, -0.2) is 79.7 Å². The Kier molecular flexibility index (Phi) is 7.69. The second-order valence-corrected chi connectivity index (χ2v) is 10.8. The van der Waals surface area contributed by atoms with Gasteiger partial charge in [-0.05, 0) is 70.4 Å². The van der Waals surface area contributed by atoms with Crippen molar-refractivity contribution in [2.24, 2.45) is 0 Å². The summed E-state index contributed by atoms with van der Waals surface area (Å²) in [6.45, 7) is 5.27. The van der Waals surface area contributed by atoms with Gasteiger partial charge in [-0.2, -0.15) is 4.98 Å². The van der Waals surface area contributed by atoms with Crippen molar-refractivity contribution in [1.82, 2.24) is 20.2 Å². The van der Waals surface area contributed by atoms with E-state index in [2.05, 4.69) is 51.3 Å². The molecule has 3 heterocycles. The predicted molar refractivity (Wildman–Crippen MR) is 148 cm³/mol. The van der Waals surface area contributed by atoms with Crippen LogP contribution in [0.5, 0.6) is 5.75 Å². The zero-order valence-electron chi connectivity index (χ0n) is 22.7. The lowest BCUT2D eigenvalue weighted by Gasteiger charge is -2.45. The predicted octanol–water partition coefficient (Wildman–Crippen LogP) is 4.03. The Morgan fingerprint density at radius 2 is 1.89 bits per heavy atom. The van der Waals surface area contributed by atoms with Crippen LogP contribution in [0, 0.1) is 0 Å². The first-order valence-corrected chi connectivity index (χ1v) is 13.8. The summed E-state index contributed by atoms with van der Waals surface area (Å²) in [5.41, 5.74) is 2.41. The zero-order valence-corrected chi connectivity index (χ0v) is 22.7. The SMILES string of the molecule is CC[C@@H]1CN(C)c2cnc(Nc3ccc(C(=O)NC4CCN(C)CC4)cc3OC)nc2N1C1CCCC1. The van der Waals surface area contributed by atoms with Crippen molar-refractivity contribution >= 4 is 29.0 Å². The molecular formula is C28H41N7O2. The molecule has 200 valence electrons. The smallest absolute Gasteiger partial charge is 0.251 e. The summed E-state index contributed by atoms with van der Waals surface area (Å²) >= 11 is 0. The van der Waals surface area contributed by atoms with Gasteiger partial charge < -0.3 is 30.1 Å². The largest absolute Gasteiger partial charge is 0.495 e. The molecule has 1 amide bonds. The summed E-state index contributed by atoms with van der Waals surface area (Å²) in [5, 5.41) is 6.53. The molecule has 1 saturated carbocycles. The van der Waals surface area contributed by atoms with E-state index < -0.39 is 0 Å². The summed E-state index contributed by atoms with van der Waals surface area (Å²) in [7, 11) is 5.87. The number of nitrogens with one attached hydrogen (secondary N) is 2. The van der Waals surface area contributed by atoms with E-state index in [1.54, 1.807) is 13.2 Å². The molecule has 0 radical (unpaired) electrons. The number of likely N-dealkylation sites (N-methyl/N-ethyl adjacent to an activating group) is 1. The van der Waals surface area contributed by atoms with E-state index in [1.807, 2.05) is 18.3 Å². The minimum Gasteiger partial charge on any atom is -0.495 e. The molecule has 0 spiro atoms. The van der Waals surface area contributed by atoms with Gasteiger partial charge in [0.15, 0.2) is 5.82 Å². The van der Waals surface area contributed by atoms with Crippen LogP contribution in [0.2, 0.25) is 0 Å². The third kappa shape index (κ3) is 5.46. The lowest BCUT2D eigenvalue weighted by atomic mass is 10.0. The average molecular weight is 508 g/mol. The van der Waals surface area contributed by atoms with Gasteiger partial charge >= 0.3 is 0 Å². The molecule has 9 heteroatoms. The molecule has 37 heavy (non-hydrogen) atoms. The number of hydrogen-bond acceptors (Lipinski definition) is 8. The number of piperidine rings is 1. The number of hydrogen-bond donors (Lipinski definition) is 2. The molecule has 1 atom stereocenters. The molecule has 2 N–H and O–H groups in total. The van der Waals surface area contributed by atoms with Crippen molar-refractivity contribution in [3.63, 3.8) is 0 Å². The molecule has 3 aliphatic rings. The Balaban J connectivity index is 1.35. The van der Waals surface area contributed by atoms with Crippen LogP contribution in [-0.2, 0) is 0 Å². The highest BCUT2D eigenvalue weighted by Gasteiger charge is 2.36. The number of methoxy groups -OCH3 is 1. The molecule has 2 fully saturated rings. The van der Waals surface area contributed by atoms with Gasteiger partial charge in [0.1, 0.15) is 5.75 Å². The fourth-order valence-corrected chi connectivity index (χ4v) is 6.02. The van der Waals surface area contributed by atoms with E-state index in [4.69, 9.17) is 9.72 Å². The van der Waals surface area contributed by atoms with Crippen LogP contribution >= 0.6 is 0 Å². The quantitative estimate of drug-likeness (QED) is 0.581. The number of amides is 1. The van der Waals surface area contributed by atoms with E-state index in [9.17, 15) is 4.79 Å².